The highest BCUT2D eigenvalue weighted by molar-refractivity contribution is 5.82. The van der Waals surface area contributed by atoms with Crippen molar-refractivity contribution in [1.82, 2.24) is 0 Å². The first-order valence-corrected chi connectivity index (χ1v) is 25.5. The van der Waals surface area contributed by atoms with Crippen LogP contribution in [0.5, 0.6) is 0 Å². The van der Waals surface area contributed by atoms with E-state index in [4.69, 9.17) is 14.2 Å². The molecular formula is C52H75F5O12. The van der Waals surface area contributed by atoms with Gasteiger partial charge in [-0.1, -0.05) is 0 Å². The molecular weight excluding hydrogens is 912 g/mol. The molecule has 12 nitrogen and oxygen atoms in total. The number of ether oxygens (including phenoxy) is 6. The van der Waals surface area contributed by atoms with E-state index in [9.17, 15) is 50.7 Å². The molecule has 0 unspecified atom stereocenters. The van der Waals surface area contributed by atoms with Gasteiger partial charge in [0.25, 0.3) is 0 Å². The fraction of sp³-hybridized carbons (Fsp3) is 0.885. The van der Waals surface area contributed by atoms with Crippen LogP contribution in [0.3, 0.4) is 0 Å². The second-order valence-corrected chi connectivity index (χ2v) is 25.0. The van der Waals surface area contributed by atoms with Gasteiger partial charge in [0, 0.05) is 16.2 Å². The van der Waals surface area contributed by atoms with Crippen molar-refractivity contribution in [3.8, 4) is 0 Å². The average Bonchev–Trinajstić information content (AvgIpc) is 3.22. The van der Waals surface area contributed by atoms with Gasteiger partial charge in [-0.15, -0.1) is 0 Å². The molecule has 12 aliphatic rings. The Morgan fingerprint density at radius 3 is 0.754 bits per heavy atom. The van der Waals surface area contributed by atoms with Gasteiger partial charge < -0.3 is 28.4 Å². The van der Waals surface area contributed by atoms with Gasteiger partial charge >= 0.3 is 42.0 Å². The Morgan fingerprint density at radius 2 is 0.565 bits per heavy atom. The van der Waals surface area contributed by atoms with Crippen molar-refractivity contribution in [1.29, 1.82) is 0 Å². The smallest absolute Gasteiger partial charge is 0.404 e. The zero-order valence-electron chi connectivity index (χ0n) is 41.5. The van der Waals surface area contributed by atoms with Crippen LogP contribution < -0.4 is 0 Å². The van der Waals surface area contributed by atoms with E-state index in [1.54, 1.807) is 0 Å². The van der Waals surface area contributed by atoms with E-state index in [0.29, 0.717) is 13.2 Å². The van der Waals surface area contributed by atoms with Crippen LogP contribution in [0.1, 0.15) is 157 Å². The predicted octanol–water partition coefficient (Wildman–Crippen LogP) is 9.95. The number of hydrogen-bond donors (Lipinski definition) is 0. The zero-order chi connectivity index (χ0) is 50.4. The summed E-state index contributed by atoms with van der Waals surface area (Å²) in [7, 11) is 0. The zero-order valence-corrected chi connectivity index (χ0v) is 41.5. The van der Waals surface area contributed by atoms with E-state index < -0.39 is 78.6 Å². The SMILES string of the molecule is CC(C)(C(=O)OCC(=O)OCC12CC3CC(CC(C3)C1)C2)C(F)(F)F.CC(C)(F)C(=O)OCC(=O)OCC12CC3CC(CC(C3)C1)C2.CC(C)(F)C(=O)OCC(=O)OCC12CC3CC(CC(C3)C1)C2. The van der Waals surface area contributed by atoms with Crippen LogP contribution in [-0.2, 0) is 57.2 Å². The predicted molar refractivity (Wildman–Crippen MR) is 238 cm³/mol. The maximum Gasteiger partial charge on any atom is 0.404 e. The number of rotatable bonds is 15. The lowest BCUT2D eigenvalue weighted by atomic mass is 9.50. The van der Waals surface area contributed by atoms with E-state index in [0.717, 1.165) is 153 Å². The van der Waals surface area contributed by atoms with E-state index in [1.807, 2.05) is 0 Å². The van der Waals surface area contributed by atoms with Gasteiger partial charge in [-0.25, -0.2) is 32.8 Å². The highest BCUT2D eigenvalue weighted by atomic mass is 19.4. The Hall–Kier alpha value is -3.53. The van der Waals surface area contributed by atoms with Crippen molar-refractivity contribution in [3.63, 3.8) is 0 Å². The second kappa shape index (κ2) is 20.2. The molecule has 12 fully saturated rings. The standard InChI is InChI=1S/C18H25F3O4.2C17H25FO4/c1-16(2,18(19,20)21)15(23)24-9-14(22)25-10-17-6-11-3-12(7-17)5-13(4-11)8-17;2*1-16(2,18)15(20)21-9-14(19)22-10-17-6-11-3-12(7-17)5-13(4-11)8-17/h11-13H,3-10H2,1-2H3;2*11-13H,3-10H2,1-2H3. The van der Waals surface area contributed by atoms with Crippen molar-refractivity contribution in [2.24, 2.45) is 74.9 Å². The largest absolute Gasteiger partial charge is 0.463 e. The summed E-state index contributed by atoms with van der Waals surface area (Å²) in [5, 5.41) is 0. The Labute approximate surface area is 403 Å². The summed E-state index contributed by atoms with van der Waals surface area (Å²) in [6.07, 6.45) is 17.3. The first kappa shape index (κ1) is 53.3. The lowest BCUT2D eigenvalue weighted by Crippen LogP contribution is -2.48. The van der Waals surface area contributed by atoms with Gasteiger partial charge in [-0.3, -0.25) is 4.79 Å². The highest BCUT2D eigenvalue weighted by Crippen LogP contribution is 2.62. The monoisotopic (exact) mass is 987 g/mol. The number of halogens is 5. The van der Waals surface area contributed by atoms with Crippen molar-refractivity contribution in [2.75, 3.05) is 39.6 Å². The molecule has 12 bridgehead atoms. The summed E-state index contributed by atoms with van der Waals surface area (Å²) in [5.74, 6) is 1.51. The molecule has 0 heterocycles. The fourth-order valence-electron chi connectivity index (χ4n) is 15.2. The molecule has 0 saturated heterocycles. The summed E-state index contributed by atoms with van der Waals surface area (Å²) in [6.45, 7) is 5.25. The van der Waals surface area contributed by atoms with Crippen molar-refractivity contribution >= 4 is 35.8 Å². The van der Waals surface area contributed by atoms with Gasteiger partial charge in [-0.2, -0.15) is 13.2 Å². The molecule has 0 radical (unpaired) electrons. The summed E-state index contributed by atoms with van der Waals surface area (Å²) < 4.78 is 94.7. The van der Waals surface area contributed by atoms with Crippen LogP contribution >= 0.6 is 0 Å². The normalized spacial score (nSPS) is 35.4. The van der Waals surface area contributed by atoms with Gasteiger partial charge in [0.05, 0.1) is 19.8 Å². The van der Waals surface area contributed by atoms with Crippen LogP contribution in [0.2, 0.25) is 0 Å². The molecule has 17 heteroatoms. The van der Waals surface area contributed by atoms with E-state index in [2.05, 4.69) is 14.2 Å². The maximum absolute atomic E-state index is 13.3. The number of hydrogen-bond acceptors (Lipinski definition) is 12. The third-order valence-corrected chi connectivity index (χ3v) is 17.3. The molecule has 0 amide bonds. The lowest BCUT2D eigenvalue weighted by molar-refractivity contribution is -0.225. The van der Waals surface area contributed by atoms with Gasteiger partial charge in [0.2, 0.25) is 11.3 Å². The molecule has 0 aromatic heterocycles. The maximum atomic E-state index is 13.3. The van der Waals surface area contributed by atoms with Gasteiger partial charge in [0.1, 0.15) is 0 Å². The summed E-state index contributed by atoms with van der Waals surface area (Å²) in [6, 6.07) is 0. The number of esters is 6. The fourth-order valence-corrected chi connectivity index (χ4v) is 15.2. The summed E-state index contributed by atoms with van der Waals surface area (Å²) in [4.78, 5) is 69.5. The van der Waals surface area contributed by atoms with E-state index >= 15 is 0 Å². The summed E-state index contributed by atoms with van der Waals surface area (Å²) in [5.41, 5.74) is -6.49. The van der Waals surface area contributed by atoms with E-state index in [1.165, 1.54) is 57.8 Å². The molecule has 69 heavy (non-hydrogen) atoms. The molecule has 390 valence electrons. The first-order chi connectivity index (χ1) is 32.0. The molecule has 0 aromatic rings. The highest BCUT2D eigenvalue weighted by Gasteiger charge is 2.56. The molecule has 0 spiro atoms. The summed E-state index contributed by atoms with van der Waals surface area (Å²) >= 11 is 0. The Bertz CT molecular complexity index is 1720. The quantitative estimate of drug-likeness (QED) is 0.0870. The molecule has 0 atom stereocenters. The number of alkyl halides is 5. The van der Waals surface area contributed by atoms with E-state index in [-0.39, 0.29) is 22.9 Å². The second-order valence-electron chi connectivity index (χ2n) is 25.0. The number of carbonyl (C=O) groups is 6. The van der Waals surface area contributed by atoms with Crippen LogP contribution in [0.15, 0.2) is 0 Å². The Kier molecular flexibility index (Phi) is 15.6. The number of carbonyl (C=O) groups excluding carboxylic acids is 6. The van der Waals surface area contributed by atoms with Crippen molar-refractivity contribution in [3.05, 3.63) is 0 Å². The Morgan fingerprint density at radius 1 is 0.362 bits per heavy atom. The minimum absolute atomic E-state index is 0.0274. The lowest BCUT2D eigenvalue weighted by Gasteiger charge is -2.56. The minimum atomic E-state index is -4.73. The van der Waals surface area contributed by atoms with Crippen LogP contribution in [-0.4, -0.2) is 93.0 Å². The Balaban J connectivity index is 0.000000153. The van der Waals surface area contributed by atoms with Gasteiger partial charge in [-0.05, 0) is 210 Å². The van der Waals surface area contributed by atoms with Crippen LogP contribution in [0.4, 0.5) is 22.0 Å². The molecule has 12 rings (SSSR count). The molecule has 12 aliphatic carbocycles. The van der Waals surface area contributed by atoms with Crippen molar-refractivity contribution < 1.29 is 79.1 Å². The average molecular weight is 987 g/mol. The molecule has 12 saturated carbocycles. The van der Waals surface area contributed by atoms with Crippen molar-refractivity contribution in [2.45, 2.75) is 175 Å². The molecule has 0 N–H and O–H groups in total. The molecule has 0 aliphatic heterocycles. The minimum Gasteiger partial charge on any atom is -0.463 e. The molecule has 0 aromatic carbocycles. The topological polar surface area (TPSA) is 158 Å². The third-order valence-electron chi connectivity index (χ3n) is 17.3. The third kappa shape index (κ3) is 13.3. The van der Waals surface area contributed by atoms with Crippen LogP contribution in [0, 0.1) is 74.9 Å². The van der Waals surface area contributed by atoms with Crippen LogP contribution in [0.25, 0.3) is 0 Å². The van der Waals surface area contributed by atoms with Gasteiger partial charge in [0.15, 0.2) is 25.2 Å². The first-order valence-electron chi connectivity index (χ1n) is 25.5.